The van der Waals surface area contributed by atoms with Crippen LogP contribution >= 0.6 is 0 Å². The van der Waals surface area contributed by atoms with E-state index in [4.69, 9.17) is 0 Å². The van der Waals surface area contributed by atoms with Gasteiger partial charge < -0.3 is 4.57 Å². The standard InChI is InChI=1S/C10H13N3O/c1-2-8-10(11-7-14)13-6-4-3-5-9(13)12-8/h2-6H2,1H3. The first-order valence-corrected chi connectivity index (χ1v) is 5.03. The first-order valence-electron chi connectivity index (χ1n) is 5.03. The molecule has 0 saturated carbocycles. The minimum Gasteiger partial charge on any atom is -0.312 e. The molecule has 0 radical (unpaired) electrons. The molecular weight excluding hydrogens is 178 g/mol. The highest BCUT2D eigenvalue weighted by Gasteiger charge is 2.17. The Morgan fingerprint density at radius 2 is 2.43 bits per heavy atom. The molecule has 0 N–H and O–H groups in total. The number of aliphatic imine (C=N–C) groups is 1. The van der Waals surface area contributed by atoms with Crippen LogP contribution in [0.1, 0.15) is 31.3 Å². The lowest BCUT2D eigenvalue weighted by molar-refractivity contribution is 0.524. The van der Waals surface area contributed by atoms with Gasteiger partial charge in [-0.3, -0.25) is 0 Å². The maximum atomic E-state index is 10.3. The number of imidazole rings is 1. The number of isocyanates is 1. The van der Waals surface area contributed by atoms with Crippen molar-refractivity contribution in [2.75, 3.05) is 0 Å². The molecular formula is C10H13N3O. The van der Waals surface area contributed by atoms with Crippen LogP contribution in [0.2, 0.25) is 0 Å². The molecule has 0 spiro atoms. The van der Waals surface area contributed by atoms with Gasteiger partial charge in [0.2, 0.25) is 6.08 Å². The van der Waals surface area contributed by atoms with E-state index in [1.54, 1.807) is 6.08 Å². The van der Waals surface area contributed by atoms with Crippen molar-refractivity contribution >= 4 is 11.9 Å². The van der Waals surface area contributed by atoms with Crippen LogP contribution in [0.15, 0.2) is 4.99 Å². The molecule has 0 unspecified atom stereocenters. The SMILES string of the molecule is CCc1nc2n(c1N=C=O)CCCC2. The summed E-state index contributed by atoms with van der Waals surface area (Å²) < 4.78 is 2.05. The van der Waals surface area contributed by atoms with Gasteiger partial charge in [-0.2, -0.15) is 0 Å². The number of hydrogen-bond donors (Lipinski definition) is 0. The average molecular weight is 191 g/mol. The van der Waals surface area contributed by atoms with Gasteiger partial charge in [0.15, 0.2) is 5.82 Å². The van der Waals surface area contributed by atoms with E-state index in [9.17, 15) is 4.79 Å². The largest absolute Gasteiger partial charge is 0.312 e. The number of hydrogen-bond acceptors (Lipinski definition) is 3. The Balaban J connectivity index is 2.52. The molecule has 0 bridgehead atoms. The summed E-state index contributed by atoms with van der Waals surface area (Å²) in [6.07, 6.45) is 5.76. The number of carbonyl (C=O) groups excluding carboxylic acids is 1. The summed E-state index contributed by atoms with van der Waals surface area (Å²) in [7, 11) is 0. The van der Waals surface area contributed by atoms with E-state index in [1.165, 1.54) is 6.42 Å². The van der Waals surface area contributed by atoms with Crippen LogP contribution in [0, 0.1) is 0 Å². The summed E-state index contributed by atoms with van der Waals surface area (Å²) in [5, 5.41) is 0. The summed E-state index contributed by atoms with van der Waals surface area (Å²) in [4.78, 5) is 18.5. The van der Waals surface area contributed by atoms with Crippen molar-refractivity contribution in [3.8, 4) is 0 Å². The molecule has 0 aliphatic carbocycles. The zero-order chi connectivity index (χ0) is 9.97. The lowest BCUT2D eigenvalue weighted by Gasteiger charge is -2.13. The highest BCUT2D eigenvalue weighted by molar-refractivity contribution is 5.48. The molecule has 1 aromatic heterocycles. The molecule has 4 heteroatoms. The van der Waals surface area contributed by atoms with Gasteiger partial charge >= 0.3 is 0 Å². The van der Waals surface area contributed by atoms with E-state index in [2.05, 4.69) is 9.98 Å². The summed E-state index contributed by atoms with van der Waals surface area (Å²) in [6.45, 7) is 2.96. The second kappa shape index (κ2) is 3.76. The molecule has 1 aromatic rings. The first-order chi connectivity index (χ1) is 6.86. The Morgan fingerprint density at radius 1 is 1.57 bits per heavy atom. The first kappa shape index (κ1) is 9.16. The zero-order valence-electron chi connectivity index (χ0n) is 8.29. The molecule has 74 valence electrons. The number of nitrogens with zero attached hydrogens (tertiary/aromatic N) is 3. The van der Waals surface area contributed by atoms with Gasteiger partial charge in [0.05, 0.1) is 5.69 Å². The molecule has 1 aliphatic rings. The molecule has 0 atom stereocenters. The quantitative estimate of drug-likeness (QED) is 0.528. The zero-order valence-corrected chi connectivity index (χ0v) is 8.29. The predicted octanol–water partition coefficient (Wildman–Crippen LogP) is 1.75. The van der Waals surface area contributed by atoms with Gasteiger partial charge in [0.1, 0.15) is 5.82 Å². The fraction of sp³-hybridized carbons (Fsp3) is 0.600. The third-order valence-corrected chi connectivity index (χ3v) is 2.61. The molecule has 1 aliphatic heterocycles. The summed E-state index contributed by atoms with van der Waals surface area (Å²) in [6, 6.07) is 0. The average Bonchev–Trinajstić information content (AvgIpc) is 2.58. The minimum absolute atomic E-state index is 0.720. The normalized spacial score (nSPS) is 14.6. The topological polar surface area (TPSA) is 47.2 Å². The van der Waals surface area contributed by atoms with E-state index >= 15 is 0 Å². The van der Waals surface area contributed by atoms with Crippen LogP contribution in [0.25, 0.3) is 0 Å². The second-order valence-corrected chi connectivity index (χ2v) is 3.46. The van der Waals surface area contributed by atoms with Crippen molar-refractivity contribution < 1.29 is 4.79 Å². The van der Waals surface area contributed by atoms with Crippen molar-refractivity contribution in [3.63, 3.8) is 0 Å². The van der Waals surface area contributed by atoms with Gasteiger partial charge in [0.25, 0.3) is 0 Å². The van der Waals surface area contributed by atoms with Gasteiger partial charge in [-0.15, -0.1) is 4.99 Å². The van der Waals surface area contributed by atoms with Gasteiger partial charge in [-0.1, -0.05) is 6.92 Å². The Hall–Kier alpha value is -1.41. The van der Waals surface area contributed by atoms with Crippen LogP contribution in [0.3, 0.4) is 0 Å². The lowest BCUT2D eigenvalue weighted by atomic mass is 10.2. The Kier molecular flexibility index (Phi) is 2.46. The number of aryl methyl sites for hydroxylation is 2. The Labute approximate surface area is 82.7 Å². The smallest absolute Gasteiger partial charge is 0.242 e. The third kappa shape index (κ3) is 1.38. The third-order valence-electron chi connectivity index (χ3n) is 2.61. The molecule has 0 saturated heterocycles. The summed E-state index contributed by atoms with van der Waals surface area (Å²) in [5.41, 5.74) is 0.922. The maximum Gasteiger partial charge on any atom is 0.242 e. The van der Waals surface area contributed by atoms with Crippen molar-refractivity contribution in [1.29, 1.82) is 0 Å². The fourth-order valence-electron chi connectivity index (χ4n) is 1.93. The van der Waals surface area contributed by atoms with Gasteiger partial charge in [0, 0.05) is 13.0 Å². The summed E-state index contributed by atoms with van der Waals surface area (Å²) in [5.74, 6) is 1.79. The highest BCUT2D eigenvalue weighted by Crippen LogP contribution is 2.26. The summed E-state index contributed by atoms with van der Waals surface area (Å²) >= 11 is 0. The van der Waals surface area contributed by atoms with Crippen molar-refractivity contribution in [3.05, 3.63) is 11.5 Å². The van der Waals surface area contributed by atoms with E-state index in [0.717, 1.165) is 43.1 Å². The molecule has 0 aromatic carbocycles. The van der Waals surface area contributed by atoms with Crippen molar-refractivity contribution in [1.82, 2.24) is 9.55 Å². The van der Waals surface area contributed by atoms with Gasteiger partial charge in [-0.05, 0) is 19.3 Å². The number of aromatic nitrogens is 2. The number of rotatable bonds is 2. The number of fused-ring (bicyclic) bond motifs is 1. The van der Waals surface area contributed by atoms with Crippen LogP contribution in [0.4, 0.5) is 5.82 Å². The maximum absolute atomic E-state index is 10.3. The van der Waals surface area contributed by atoms with Crippen LogP contribution in [-0.2, 0) is 24.2 Å². The molecule has 4 nitrogen and oxygen atoms in total. The molecule has 0 amide bonds. The van der Waals surface area contributed by atoms with Gasteiger partial charge in [-0.25, -0.2) is 9.78 Å². The predicted molar refractivity (Wildman–Crippen MR) is 52.3 cm³/mol. The molecule has 2 rings (SSSR count). The molecule has 0 fully saturated rings. The van der Waals surface area contributed by atoms with E-state index in [0.29, 0.717) is 0 Å². The van der Waals surface area contributed by atoms with E-state index in [1.807, 2.05) is 11.5 Å². The lowest BCUT2D eigenvalue weighted by Crippen LogP contribution is -2.09. The van der Waals surface area contributed by atoms with Crippen LogP contribution in [0.5, 0.6) is 0 Å². The van der Waals surface area contributed by atoms with Crippen molar-refractivity contribution in [2.45, 2.75) is 39.2 Å². The van der Waals surface area contributed by atoms with E-state index < -0.39 is 0 Å². The second-order valence-electron chi connectivity index (χ2n) is 3.46. The minimum atomic E-state index is 0.720. The van der Waals surface area contributed by atoms with Crippen LogP contribution < -0.4 is 0 Å². The fourth-order valence-corrected chi connectivity index (χ4v) is 1.93. The van der Waals surface area contributed by atoms with E-state index in [-0.39, 0.29) is 0 Å². The highest BCUT2D eigenvalue weighted by atomic mass is 16.1. The Morgan fingerprint density at radius 3 is 3.14 bits per heavy atom. The Bertz CT molecular complexity index is 388. The molecule has 2 heterocycles. The monoisotopic (exact) mass is 191 g/mol. The van der Waals surface area contributed by atoms with Crippen molar-refractivity contribution in [2.24, 2.45) is 4.99 Å². The van der Waals surface area contributed by atoms with Crippen LogP contribution in [-0.4, -0.2) is 15.6 Å². The molecule has 14 heavy (non-hydrogen) atoms.